The highest BCUT2D eigenvalue weighted by atomic mass is 32.1. The highest BCUT2D eigenvalue weighted by Gasteiger charge is 2.25. The molecule has 1 amide bonds. The number of carbonyl (C=O) groups is 1. The summed E-state index contributed by atoms with van der Waals surface area (Å²) in [5, 5.41) is 1.13. The lowest BCUT2D eigenvalue weighted by molar-refractivity contribution is 0.0981. The van der Waals surface area contributed by atoms with Crippen LogP contribution in [-0.2, 0) is 6.54 Å². The molecule has 0 bridgehead atoms. The van der Waals surface area contributed by atoms with Gasteiger partial charge >= 0.3 is 5.63 Å². The molecule has 33 heavy (non-hydrogen) atoms. The Labute approximate surface area is 192 Å². The summed E-state index contributed by atoms with van der Waals surface area (Å²) in [7, 11) is 0. The third-order valence-electron chi connectivity index (χ3n) is 5.05. The Kier molecular flexibility index (Phi) is 5.58. The van der Waals surface area contributed by atoms with Gasteiger partial charge in [0.05, 0.1) is 29.1 Å². The van der Waals surface area contributed by atoms with Crippen LogP contribution in [0.2, 0.25) is 0 Å². The number of thiazole rings is 1. The summed E-state index contributed by atoms with van der Waals surface area (Å²) < 4.78 is 11.9. The van der Waals surface area contributed by atoms with Gasteiger partial charge in [-0.3, -0.25) is 14.7 Å². The van der Waals surface area contributed by atoms with Crippen LogP contribution in [0.1, 0.15) is 23.0 Å². The molecule has 0 aliphatic carbocycles. The van der Waals surface area contributed by atoms with Gasteiger partial charge in [0.25, 0.3) is 5.91 Å². The number of carbonyl (C=O) groups excluding carboxylic acids is 1. The Balaban J connectivity index is 1.60. The Morgan fingerprint density at radius 2 is 1.94 bits per heavy atom. The summed E-state index contributed by atoms with van der Waals surface area (Å²) in [5.74, 6) is 0.238. The maximum Gasteiger partial charge on any atom is 0.349 e. The lowest BCUT2D eigenvalue weighted by Gasteiger charge is -2.19. The van der Waals surface area contributed by atoms with Crippen LogP contribution in [0.15, 0.2) is 82.1 Å². The molecule has 0 fully saturated rings. The van der Waals surface area contributed by atoms with Crippen molar-refractivity contribution in [2.24, 2.45) is 0 Å². The molecule has 3 heterocycles. The molecular weight excluding hydrogens is 438 g/mol. The first-order chi connectivity index (χ1) is 16.1. The molecule has 0 atom stereocenters. The lowest BCUT2D eigenvalue weighted by Crippen LogP contribution is -2.33. The second-order valence-corrected chi connectivity index (χ2v) is 8.27. The van der Waals surface area contributed by atoms with E-state index in [1.165, 1.54) is 16.2 Å². The number of hydrogen-bond donors (Lipinski definition) is 0. The molecule has 0 saturated carbocycles. The molecular formula is C25H19N3O4S. The molecule has 0 saturated heterocycles. The molecule has 5 rings (SSSR count). The van der Waals surface area contributed by atoms with Gasteiger partial charge < -0.3 is 9.15 Å². The number of nitrogens with zero attached hydrogens (tertiary/aromatic N) is 3. The summed E-state index contributed by atoms with van der Waals surface area (Å²) >= 11 is 1.35. The van der Waals surface area contributed by atoms with Gasteiger partial charge in [-0.25, -0.2) is 9.78 Å². The number of fused-ring (bicyclic) bond motifs is 2. The highest BCUT2D eigenvalue weighted by Crippen LogP contribution is 2.33. The quantitative estimate of drug-likeness (QED) is 0.332. The fourth-order valence-electron chi connectivity index (χ4n) is 3.50. The third kappa shape index (κ3) is 4.20. The number of aromatic nitrogens is 2. The fourth-order valence-corrected chi connectivity index (χ4v) is 4.49. The van der Waals surface area contributed by atoms with E-state index in [9.17, 15) is 9.59 Å². The minimum atomic E-state index is -0.690. The molecule has 3 aromatic heterocycles. The number of amides is 1. The van der Waals surface area contributed by atoms with Crippen LogP contribution in [0.3, 0.4) is 0 Å². The van der Waals surface area contributed by atoms with E-state index in [-0.39, 0.29) is 12.1 Å². The van der Waals surface area contributed by atoms with Gasteiger partial charge in [0.1, 0.15) is 16.9 Å². The molecule has 0 radical (unpaired) electrons. The molecule has 8 heteroatoms. The largest absolute Gasteiger partial charge is 0.494 e. The predicted molar refractivity (Wildman–Crippen MR) is 128 cm³/mol. The Hall–Kier alpha value is -4.04. The number of benzene rings is 2. The maximum atomic E-state index is 13.6. The molecule has 164 valence electrons. The third-order valence-corrected chi connectivity index (χ3v) is 6.09. The normalized spacial score (nSPS) is 11.1. The average molecular weight is 458 g/mol. The first-order valence-corrected chi connectivity index (χ1v) is 11.2. The minimum absolute atomic E-state index is 0.0566. The monoisotopic (exact) mass is 457 g/mol. The smallest absolute Gasteiger partial charge is 0.349 e. The molecule has 7 nitrogen and oxygen atoms in total. The molecule has 0 aliphatic rings. The molecule has 0 spiro atoms. The highest BCUT2D eigenvalue weighted by molar-refractivity contribution is 7.22. The zero-order chi connectivity index (χ0) is 22.8. The van der Waals surface area contributed by atoms with Crippen molar-refractivity contribution in [2.75, 3.05) is 11.5 Å². The number of para-hydroxylation sites is 1. The summed E-state index contributed by atoms with van der Waals surface area (Å²) in [4.78, 5) is 36.8. The van der Waals surface area contributed by atoms with Crippen molar-refractivity contribution in [3.8, 4) is 5.75 Å². The van der Waals surface area contributed by atoms with Crippen molar-refractivity contribution in [3.05, 3.63) is 94.6 Å². The maximum absolute atomic E-state index is 13.6. The number of pyridine rings is 1. The van der Waals surface area contributed by atoms with Crippen LogP contribution in [0.5, 0.6) is 5.75 Å². The van der Waals surface area contributed by atoms with Gasteiger partial charge in [-0.1, -0.05) is 35.6 Å². The summed E-state index contributed by atoms with van der Waals surface area (Å²) in [6.07, 6.45) is 1.66. The Bertz CT molecular complexity index is 1510. The summed E-state index contributed by atoms with van der Waals surface area (Å²) in [6, 6.07) is 19.7. The van der Waals surface area contributed by atoms with Crippen LogP contribution in [0.25, 0.3) is 21.2 Å². The SMILES string of the molecule is CCOc1ccc2nc(N(Cc3ccccn3)C(=O)c3cc4ccccc4oc3=O)sc2c1. The van der Waals surface area contributed by atoms with E-state index in [1.807, 2.05) is 43.3 Å². The van der Waals surface area contributed by atoms with Gasteiger partial charge in [-0.05, 0) is 49.4 Å². The molecule has 2 aromatic carbocycles. The zero-order valence-corrected chi connectivity index (χ0v) is 18.5. The second kappa shape index (κ2) is 8.84. The predicted octanol–water partition coefficient (Wildman–Crippen LogP) is 5.04. The number of anilines is 1. The van der Waals surface area contributed by atoms with E-state index in [0.29, 0.717) is 28.4 Å². The van der Waals surface area contributed by atoms with E-state index in [2.05, 4.69) is 9.97 Å². The zero-order valence-electron chi connectivity index (χ0n) is 17.7. The van der Waals surface area contributed by atoms with Crippen LogP contribution >= 0.6 is 11.3 Å². The average Bonchev–Trinajstić information content (AvgIpc) is 3.25. The minimum Gasteiger partial charge on any atom is -0.494 e. The summed E-state index contributed by atoms with van der Waals surface area (Å²) in [6.45, 7) is 2.63. The fraction of sp³-hybridized carbons (Fsp3) is 0.120. The van der Waals surface area contributed by atoms with Crippen LogP contribution in [-0.4, -0.2) is 22.5 Å². The van der Waals surface area contributed by atoms with Crippen molar-refractivity contribution in [1.29, 1.82) is 0 Å². The van der Waals surface area contributed by atoms with Crippen molar-refractivity contribution in [2.45, 2.75) is 13.5 Å². The molecule has 0 aliphatic heterocycles. The van der Waals surface area contributed by atoms with Gasteiger partial charge in [-0.2, -0.15) is 0 Å². The van der Waals surface area contributed by atoms with Crippen molar-refractivity contribution < 1.29 is 13.9 Å². The van der Waals surface area contributed by atoms with Crippen LogP contribution < -0.4 is 15.3 Å². The summed E-state index contributed by atoms with van der Waals surface area (Å²) in [5.41, 5.74) is 1.09. The topological polar surface area (TPSA) is 85.5 Å². The van der Waals surface area contributed by atoms with Crippen molar-refractivity contribution >= 4 is 43.6 Å². The Morgan fingerprint density at radius 3 is 2.76 bits per heavy atom. The first-order valence-electron chi connectivity index (χ1n) is 10.4. The van der Waals surface area contributed by atoms with Crippen LogP contribution in [0.4, 0.5) is 5.13 Å². The number of ether oxygens (including phenoxy) is 1. The van der Waals surface area contributed by atoms with E-state index >= 15 is 0 Å². The van der Waals surface area contributed by atoms with E-state index in [0.717, 1.165) is 16.0 Å². The number of hydrogen-bond acceptors (Lipinski definition) is 7. The van der Waals surface area contributed by atoms with Crippen molar-refractivity contribution in [1.82, 2.24) is 9.97 Å². The van der Waals surface area contributed by atoms with Gasteiger partial charge in [0, 0.05) is 11.6 Å². The van der Waals surface area contributed by atoms with Gasteiger partial charge in [0.2, 0.25) is 0 Å². The lowest BCUT2D eigenvalue weighted by atomic mass is 10.1. The number of rotatable bonds is 6. The van der Waals surface area contributed by atoms with Gasteiger partial charge in [-0.15, -0.1) is 0 Å². The van der Waals surface area contributed by atoms with E-state index in [1.54, 1.807) is 36.5 Å². The van der Waals surface area contributed by atoms with E-state index < -0.39 is 11.5 Å². The first kappa shape index (κ1) is 20.8. The molecule has 5 aromatic rings. The Morgan fingerprint density at radius 1 is 1.09 bits per heavy atom. The van der Waals surface area contributed by atoms with Crippen LogP contribution in [0, 0.1) is 0 Å². The van der Waals surface area contributed by atoms with Crippen molar-refractivity contribution in [3.63, 3.8) is 0 Å². The second-order valence-electron chi connectivity index (χ2n) is 7.26. The standard InChI is InChI=1S/C25H19N3O4S/c1-2-31-18-10-11-20-22(14-18)33-25(27-20)28(15-17-8-5-6-12-26-17)23(29)19-13-16-7-3-4-9-21(16)32-24(19)30/h3-14H,2,15H2,1H3. The molecule has 0 N–H and O–H groups in total. The van der Waals surface area contributed by atoms with Gasteiger partial charge in [0.15, 0.2) is 5.13 Å². The van der Waals surface area contributed by atoms with E-state index in [4.69, 9.17) is 9.15 Å². The molecule has 0 unspecified atom stereocenters.